The second-order valence-corrected chi connectivity index (χ2v) is 12.7. The van der Waals surface area contributed by atoms with Crippen molar-refractivity contribution in [1.29, 1.82) is 0 Å². The van der Waals surface area contributed by atoms with E-state index in [1.165, 1.54) is 4.90 Å². The number of nitrogens with one attached hydrogen (secondary N) is 1. The Bertz CT molecular complexity index is 1150. The van der Waals surface area contributed by atoms with Gasteiger partial charge in [0.05, 0.1) is 16.6 Å². The van der Waals surface area contributed by atoms with Gasteiger partial charge in [0.2, 0.25) is 5.91 Å². The molecule has 10 heteroatoms. The summed E-state index contributed by atoms with van der Waals surface area (Å²) in [5.74, 6) is 5.10. The normalized spacial score (nSPS) is 25.4. The van der Waals surface area contributed by atoms with Crippen LogP contribution in [0, 0.1) is 29.1 Å². The Balaban J connectivity index is 1.62. The number of thiophene rings is 1. The molecule has 9 nitrogen and oxygen atoms in total. The van der Waals surface area contributed by atoms with Gasteiger partial charge in [0.15, 0.2) is 6.10 Å². The molecule has 0 spiro atoms. The third kappa shape index (κ3) is 6.49. The van der Waals surface area contributed by atoms with Gasteiger partial charge in [0.25, 0.3) is 5.91 Å². The zero-order chi connectivity index (χ0) is 27.6. The smallest absolute Gasteiger partial charge is 0.410 e. The van der Waals surface area contributed by atoms with Gasteiger partial charge in [-0.1, -0.05) is 18.8 Å². The lowest BCUT2D eigenvalue weighted by atomic mass is 9.82. The Morgan fingerprint density at radius 2 is 1.87 bits per heavy atom. The number of aromatic carboxylic acids is 1. The highest BCUT2D eigenvalue weighted by atomic mass is 32.1. The standard InChI is InChI=1S/C28H37N3O6S/c1-17-5-7-18(8-6-17)25(33)31(21-15-20(9-12-28(2,3)4)38-23(21)26(34)35)19-11-14-30(16-19)27(36)37-22-10-13-29-24(22)32/h15,17-19,22H,5-8,10-11,13-14,16H2,1-4H3,(H,29,32)(H,34,35)/t17-,18-,19-,22-/m0/s1. The molecule has 0 aromatic carbocycles. The summed E-state index contributed by atoms with van der Waals surface area (Å²) in [4.78, 5) is 54.8. The summed E-state index contributed by atoms with van der Waals surface area (Å²) >= 11 is 1.07. The lowest BCUT2D eigenvalue weighted by molar-refractivity contribution is -0.126. The van der Waals surface area contributed by atoms with Gasteiger partial charge in [-0.15, -0.1) is 11.3 Å². The molecule has 3 fully saturated rings. The minimum atomic E-state index is -1.11. The van der Waals surface area contributed by atoms with Crippen molar-refractivity contribution >= 4 is 40.9 Å². The number of hydrogen-bond donors (Lipinski definition) is 2. The molecule has 0 bridgehead atoms. The molecule has 2 saturated heterocycles. The van der Waals surface area contributed by atoms with E-state index in [-0.39, 0.29) is 34.6 Å². The number of ether oxygens (including phenoxy) is 1. The average molecular weight is 544 g/mol. The summed E-state index contributed by atoms with van der Waals surface area (Å²) < 4.78 is 5.42. The molecule has 1 aromatic heterocycles. The number of nitrogens with zero attached hydrogens (tertiary/aromatic N) is 2. The van der Waals surface area contributed by atoms with Crippen LogP contribution >= 0.6 is 11.3 Å². The highest BCUT2D eigenvalue weighted by Crippen LogP contribution is 2.38. The van der Waals surface area contributed by atoms with Crippen molar-refractivity contribution in [2.24, 2.45) is 17.3 Å². The lowest BCUT2D eigenvalue weighted by Crippen LogP contribution is -2.47. The van der Waals surface area contributed by atoms with Gasteiger partial charge < -0.3 is 25.0 Å². The van der Waals surface area contributed by atoms with Gasteiger partial charge in [-0.25, -0.2) is 9.59 Å². The highest BCUT2D eigenvalue weighted by molar-refractivity contribution is 7.15. The molecule has 1 aliphatic carbocycles. The lowest BCUT2D eigenvalue weighted by Gasteiger charge is -2.34. The second-order valence-electron chi connectivity index (χ2n) is 11.6. The van der Waals surface area contributed by atoms with Crippen LogP contribution < -0.4 is 10.2 Å². The van der Waals surface area contributed by atoms with E-state index in [9.17, 15) is 24.3 Å². The maximum atomic E-state index is 14.0. The van der Waals surface area contributed by atoms with Gasteiger partial charge in [-0.2, -0.15) is 0 Å². The molecule has 206 valence electrons. The molecule has 1 saturated carbocycles. The summed E-state index contributed by atoms with van der Waals surface area (Å²) in [7, 11) is 0. The molecule has 2 atom stereocenters. The van der Waals surface area contributed by atoms with Crippen LogP contribution in [0.15, 0.2) is 6.07 Å². The largest absolute Gasteiger partial charge is 0.477 e. The fourth-order valence-corrected chi connectivity index (χ4v) is 6.06. The molecule has 3 amide bonds. The molecule has 3 aliphatic rings. The fraction of sp³-hybridized carbons (Fsp3) is 0.643. The molecule has 0 radical (unpaired) electrons. The Morgan fingerprint density at radius 1 is 1.16 bits per heavy atom. The van der Waals surface area contributed by atoms with E-state index in [4.69, 9.17) is 4.74 Å². The van der Waals surface area contributed by atoms with Crippen LogP contribution in [0.1, 0.15) is 80.8 Å². The summed E-state index contributed by atoms with van der Waals surface area (Å²) in [5.41, 5.74) is 0.0874. The maximum Gasteiger partial charge on any atom is 0.410 e. The predicted octanol–water partition coefficient (Wildman–Crippen LogP) is 4.10. The van der Waals surface area contributed by atoms with Crippen molar-refractivity contribution in [3.8, 4) is 11.8 Å². The quantitative estimate of drug-likeness (QED) is 0.540. The van der Waals surface area contributed by atoms with Crippen LogP contribution in [0.3, 0.4) is 0 Å². The molecule has 4 rings (SSSR count). The number of amides is 3. The van der Waals surface area contributed by atoms with Gasteiger partial charge in [-0.05, 0) is 64.9 Å². The van der Waals surface area contributed by atoms with E-state index in [0.29, 0.717) is 42.4 Å². The summed E-state index contributed by atoms with van der Waals surface area (Å²) in [6.45, 7) is 9.16. The van der Waals surface area contributed by atoms with Crippen molar-refractivity contribution in [2.75, 3.05) is 24.5 Å². The zero-order valence-electron chi connectivity index (χ0n) is 22.5. The van der Waals surface area contributed by atoms with E-state index in [1.807, 2.05) is 20.8 Å². The highest BCUT2D eigenvalue weighted by Gasteiger charge is 2.41. The van der Waals surface area contributed by atoms with Gasteiger partial charge in [-0.3, -0.25) is 9.59 Å². The van der Waals surface area contributed by atoms with Gasteiger partial charge in [0, 0.05) is 37.4 Å². The first kappa shape index (κ1) is 28.0. The second kappa shape index (κ2) is 11.4. The van der Waals surface area contributed by atoms with Crippen LogP contribution in [0.5, 0.6) is 0 Å². The number of rotatable bonds is 5. The number of carbonyl (C=O) groups is 4. The molecule has 0 unspecified atom stereocenters. The topological polar surface area (TPSA) is 116 Å². The Kier molecular flexibility index (Phi) is 8.36. The molecule has 2 aliphatic heterocycles. The van der Waals surface area contributed by atoms with Crippen molar-refractivity contribution in [3.63, 3.8) is 0 Å². The monoisotopic (exact) mass is 543 g/mol. The molecule has 2 N–H and O–H groups in total. The van der Waals surface area contributed by atoms with E-state index in [2.05, 4.69) is 24.1 Å². The fourth-order valence-electron chi connectivity index (χ4n) is 5.22. The first-order valence-corrected chi connectivity index (χ1v) is 14.2. The number of carboxylic acid groups (broad SMARTS) is 1. The number of hydrogen-bond acceptors (Lipinski definition) is 6. The minimum Gasteiger partial charge on any atom is -0.477 e. The summed E-state index contributed by atoms with van der Waals surface area (Å²) in [6.07, 6.45) is 2.95. The van der Waals surface area contributed by atoms with Crippen molar-refractivity contribution < 1.29 is 29.0 Å². The Labute approximate surface area is 227 Å². The number of carbonyl (C=O) groups excluding carboxylic acids is 3. The molecular formula is C28H37N3O6S. The Hall–Kier alpha value is -3.06. The van der Waals surface area contributed by atoms with E-state index >= 15 is 0 Å². The van der Waals surface area contributed by atoms with E-state index < -0.39 is 24.2 Å². The number of anilines is 1. The van der Waals surface area contributed by atoms with Crippen LogP contribution in [-0.2, 0) is 14.3 Å². The van der Waals surface area contributed by atoms with Gasteiger partial charge in [0.1, 0.15) is 4.88 Å². The minimum absolute atomic E-state index is 0.0735. The van der Waals surface area contributed by atoms with Crippen LogP contribution in [-0.4, -0.2) is 65.7 Å². The maximum absolute atomic E-state index is 14.0. The molecule has 38 heavy (non-hydrogen) atoms. The van der Waals surface area contributed by atoms with Crippen molar-refractivity contribution in [2.45, 2.75) is 78.4 Å². The number of likely N-dealkylation sites (tertiary alicyclic amines) is 1. The SMILES string of the molecule is CC(C)(C)C#Cc1cc(N(C(=O)[C@H]2CC[C@H](C)CC2)[C@H]2CCN(C(=O)O[C@H]3CCNC3=O)C2)c(C(=O)O)s1. The first-order valence-electron chi connectivity index (χ1n) is 13.4. The molecular weight excluding hydrogens is 506 g/mol. The Morgan fingerprint density at radius 3 is 2.47 bits per heavy atom. The van der Waals surface area contributed by atoms with Gasteiger partial charge >= 0.3 is 12.1 Å². The van der Waals surface area contributed by atoms with Crippen LogP contribution in [0.2, 0.25) is 0 Å². The van der Waals surface area contributed by atoms with Crippen LogP contribution in [0.25, 0.3) is 0 Å². The zero-order valence-corrected chi connectivity index (χ0v) is 23.4. The van der Waals surface area contributed by atoms with Crippen molar-refractivity contribution in [3.05, 3.63) is 15.8 Å². The van der Waals surface area contributed by atoms with Crippen LogP contribution in [0.4, 0.5) is 10.5 Å². The van der Waals surface area contributed by atoms with Crippen molar-refractivity contribution in [1.82, 2.24) is 10.2 Å². The summed E-state index contributed by atoms with van der Waals surface area (Å²) in [5, 5.41) is 12.7. The predicted molar refractivity (Wildman–Crippen MR) is 144 cm³/mol. The summed E-state index contributed by atoms with van der Waals surface area (Å²) in [6, 6.07) is 1.31. The van der Waals surface area contributed by atoms with E-state index in [1.54, 1.807) is 11.0 Å². The number of carboxylic acids is 1. The molecule has 1 aromatic rings. The van der Waals surface area contributed by atoms with E-state index in [0.717, 1.165) is 37.0 Å². The third-order valence-electron chi connectivity index (χ3n) is 7.36. The molecule has 3 heterocycles. The first-order chi connectivity index (χ1) is 17.9. The third-order valence-corrected chi connectivity index (χ3v) is 8.39. The average Bonchev–Trinajstić information content (AvgIpc) is 3.59.